The minimum absolute atomic E-state index is 0.0106. The molecule has 1 heterocycles. The highest BCUT2D eigenvalue weighted by molar-refractivity contribution is 7.99. The van der Waals surface area contributed by atoms with Crippen molar-refractivity contribution in [1.82, 2.24) is 0 Å². The lowest BCUT2D eigenvalue weighted by molar-refractivity contribution is -0.116. The van der Waals surface area contributed by atoms with Crippen LogP contribution in [0, 0.1) is 0 Å². The molecule has 1 aliphatic rings. The molecule has 23 heavy (non-hydrogen) atoms. The van der Waals surface area contributed by atoms with Gasteiger partial charge < -0.3 is 5.32 Å². The van der Waals surface area contributed by atoms with Crippen LogP contribution >= 0.6 is 11.8 Å². The third kappa shape index (κ3) is 2.64. The van der Waals surface area contributed by atoms with Crippen molar-refractivity contribution in [2.24, 2.45) is 0 Å². The molecule has 0 atom stereocenters. The molecule has 1 aliphatic heterocycles. The Kier molecular flexibility index (Phi) is 3.64. The molecule has 0 bridgehead atoms. The van der Waals surface area contributed by atoms with Crippen molar-refractivity contribution >= 4 is 23.4 Å². The van der Waals surface area contributed by atoms with Crippen LogP contribution < -0.4 is 5.32 Å². The summed E-state index contributed by atoms with van der Waals surface area (Å²) in [5.74, 6) is -0.264. The molecule has 3 aromatic carbocycles. The van der Waals surface area contributed by atoms with E-state index >= 15 is 0 Å². The van der Waals surface area contributed by atoms with Gasteiger partial charge in [0.15, 0.2) is 0 Å². The van der Waals surface area contributed by atoms with E-state index in [1.807, 2.05) is 66.7 Å². The Balaban J connectivity index is 1.77. The number of rotatable bonds is 2. The molecule has 0 fully saturated rings. The molecule has 1 amide bonds. The van der Waals surface area contributed by atoms with Crippen LogP contribution in [0.3, 0.4) is 0 Å². The van der Waals surface area contributed by atoms with Gasteiger partial charge in [0, 0.05) is 15.5 Å². The minimum Gasteiger partial charge on any atom is -0.325 e. The molecular formula is C20H15NOS. The van der Waals surface area contributed by atoms with Crippen molar-refractivity contribution in [2.45, 2.75) is 15.7 Å². The summed E-state index contributed by atoms with van der Waals surface area (Å²) < 4.78 is 0. The summed E-state index contributed by atoms with van der Waals surface area (Å²) in [5.41, 5.74) is 2.97. The van der Waals surface area contributed by atoms with E-state index in [2.05, 4.69) is 17.4 Å². The lowest BCUT2D eigenvalue weighted by Crippen LogP contribution is -2.24. The summed E-state index contributed by atoms with van der Waals surface area (Å²) in [4.78, 5) is 15.3. The van der Waals surface area contributed by atoms with Gasteiger partial charge in [0.05, 0.1) is 5.92 Å². The number of hydrogen-bond donors (Lipinski definition) is 1. The largest absolute Gasteiger partial charge is 0.325 e. The SMILES string of the molecule is O=C(Nc1ccccc1)C1c2ccccc2Sc2ccccc21. The van der Waals surface area contributed by atoms with Crippen LogP contribution in [0.25, 0.3) is 0 Å². The lowest BCUT2D eigenvalue weighted by atomic mass is 9.89. The highest BCUT2D eigenvalue weighted by Gasteiger charge is 2.31. The highest BCUT2D eigenvalue weighted by atomic mass is 32.2. The monoisotopic (exact) mass is 317 g/mol. The zero-order valence-corrected chi connectivity index (χ0v) is 13.2. The molecule has 3 aromatic rings. The van der Waals surface area contributed by atoms with E-state index in [1.165, 1.54) is 0 Å². The average molecular weight is 317 g/mol. The fraction of sp³-hybridized carbons (Fsp3) is 0.0500. The number of carbonyl (C=O) groups excluding carboxylic acids is 1. The summed E-state index contributed by atoms with van der Waals surface area (Å²) in [5, 5.41) is 3.05. The van der Waals surface area contributed by atoms with Gasteiger partial charge in [-0.25, -0.2) is 0 Å². The van der Waals surface area contributed by atoms with Gasteiger partial charge in [0.1, 0.15) is 0 Å². The molecule has 0 saturated heterocycles. The van der Waals surface area contributed by atoms with E-state index in [4.69, 9.17) is 0 Å². The Bertz CT molecular complexity index is 815. The van der Waals surface area contributed by atoms with Gasteiger partial charge in [0.2, 0.25) is 5.91 Å². The summed E-state index contributed by atoms with van der Waals surface area (Å²) in [6, 6.07) is 25.9. The standard InChI is InChI=1S/C20H15NOS/c22-20(21-14-8-2-1-3-9-14)19-15-10-4-6-12-17(15)23-18-13-7-5-11-16(18)19/h1-13,19H,(H,21,22). The number of para-hydroxylation sites is 1. The number of anilines is 1. The highest BCUT2D eigenvalue weighted by Crippen LogP contribution is 2.45. The van der Waals surface area contributed by atoms with Crippen LogP contribution in [0.5, 0.6) is 0 Å². The Morgan fingerprint density at radius 2 is 1.26 bits per heavy atom. The number of fused-ring (bicyclic) bond motifs is 2. The molecular weight excluding hydrogens is 302 g/mol. The predicted molar refractivity (Wildman–Crippen MR) is 93.9 cm³/mol. The van der Waals surface area contributed by atoms with E-state index in [-0.39, 0.29) is 11.8 Å². The van der Waals surface area contributed by atoms with E-state index < -0.39 is 0 Å². The van der Waals surface area contributed by atoms with Crippen molar-refractivity contribution in [2.75, 3.05) is 5.32 Å². The van der Waals surface area contributed by atoms with Gasteiger partial charge in [-0.15, -0.1) is 0 Å². The van der Waals surface area contributed by atoms with Crippen molar-refractivity contribution in [3.05, 3.63) is 90.0 Å². The number of amides is 1. The van der Waals surface area contributed by atoms with Crippen LogP contribution in [0.2, 0.25) is 0 Å². The maximum absolute atomic E-state index is 13.0. The van der Waals surface area contributed by atoms with Crippen molar-refractivity contribution in [3.8, 4) is 0 Å². The first-order chi connectivity index (χ1) is 11.3. The van der Waals surface area contributed by atoms with E-state index in [1.54, 1.807) is 11.8 Å². The van der Waals surface area contributed by atoms with Gasteiger partial charge >= 0.3 is 0 Å². The maximum Gasteiger partial charge on any atom is 0.236 e. The zero-order chi connectivity index (χ0) is 15.6. The van der Waals surface area contributed by atoms with Gasteiger partial charge in [-0.2, -0.15) is 0 Å². The summed E-state index contributed by atoms with van der Waals surface area (Å²) in [6.45, 7) is 0. The molecule has 3 heteroatoms. The first kappa shape index (κ1) is 14.1. The van der Waals surface area contributed by atoms with Crippen LogP contribution in [0.4, 0.5) is 5.69 Å². The molecule has 2 nitrogen and oxygen atoms in total. The van der Waals surface area contributed by atoms with E-state index in [0.717, 1.165) is 26.6 Å². The number of hydrogen-bond acceptors (Lipinski definition) is 2. The van der Waals surface area contributed by atoms with Crippen LogP contribution in [0.15, 0.2) is 88.7 Å². The topological polar surface area (TPSA) is 29.1 Å². The molecule has 0 radical (unpaired) electrons. The first-order valence-corrected chi connectivity index (χ1v) is 8.36. The summed E-state index contributed by atoms with van der Waals surface area (Å²) in [7, 11) is 0. The van der Waals surface area contributed by atoms with Crippen LogP contribution in [-0.2, 0) is 4.79 Å². The van der Waals surface area contributed by atoms with Crippen LogP contribution in [-0.4, -0.2) is 5.91 Å². The molecule has 0 spiro atoms. The molecule has 0 saturated carbocycles. The van der Waals surface area contributed by atoms with Crippen LogP contribution in [0.1, 0.15) is 17.0 Å². The molecule has 0 aromatic heterocycles. The average Bonchev–Trinajstić information content (AvgIpc) is 2.60. The summed E-state index contributed by atoms with van der Waals surface area (Å²) in [6.07, 6.45) is 0. The molecule has 0 unspecified atom stereocenters. The van der Waals surface area contributed by atoms with Crippen molar-refractivity contribution in [1.29, 1.82) is 0 Å². The second-order valence-corrected chi connectivity index (χ2v) is 6.55. The normalized spacial score (nSPS) is 13.0. The van der Waals surface area contributed by atoms with Gasteiger partial charge in [-0.05, 0) is 35.4 Å². The van der Waals surface area contributed by atoms with Crippen molar-refractivity contribution < 1.29 is 4.79 Å². The summed E-state index contributed by atoms with van der Waals surface area (Å²) >= 11 is 1.73. The lowest BCUT2D eigenvalue weighted by Gasteiger charge is -2.27. The van der Waals surface area contributed by atoms with Crippen molar-refractivity contribution in [3.63, 3.8) is 0 Å². The number of benzene rings is 3. The smallest absolute Gasteiger partial charge is 0.236 e. The molecule has 4 rings (SSSR count). The molecule has 1 N–H and O–H groups in total. The van der Waals surface area contributed by atoms with Gasteiger partial charge in [-0.3, -0.25) is 4.79 Å². The number of nitrogens with one attached hydrogen (secondary N) is 1. The molecule has 0 aliphatic carbocycles. The predicted octanol–water partition coefficient (Wildman–Crippen LogP) is 4.92. The first-order valence-electron chi connectivity index (χ1n) is 7.54. The second-order valence-electron chi connectivity index (χ2n) is 5.47. The fourth-order valence-corrected chi connectivity index (χ4v) is 4.07. The quantitative estimate of drug-likeness (QED) is 0.726. The van der Waals surface area contributed by atoms with E-state index in [9.17, 15) is 4.79 Å². The Labute approximate surface area is 139 Å². The molecule has 112 valence electrons. The fourth-order valence-electron chi connectivity index (χ4n) is 2.93. The third-order valence-electron chi connectivity index (χ3n) is 3.98. The maximum atomic E-state index is 13.0. The minimum atomic E-state index is -0.274. The Morgan fingerprint density at radius 3 is 1.87 bits per heavy atom. The second kappa shape index (κ2) is 5.94. The van der Waals surface area contributed by atoms with E-state index in [0.29, 0.717) is 0 Å². The van der Waals surface area contributed by atoms with Gasteiger partial charge in [0.25, 0.3) is 0 Å². The third-order valence-corrected chi connectivity index (χ3v) is 5.17. The van der Waals surface area contributed by atoms with Gasteiger partial charge in [-0.1, -0.05) is 66.4 Å². The Hall–Kier alpha value is -2.52. The Morgan fingerprint density at radius 1 is 0.739 bits per heavy atom. The number of carbonyl (C=O) groups is 1. The zero-order valence-electron chi connectivity index (χ0n) is 12.4.